The van der Waals surface area contributed by atoms with Crippen molar-refractivity contribution in [2.45, 2.75) is 6.61 Å². The second-order valence-electron chi connectivity index (χ2n) is 6.80. The van der Waals surface area contributed by atoms with E-state index in [4.69, 9.17) is 4.74 Å². The minimum Gasteiger partial charge on any atom is -0.377 e. The van der Waals surface area contributed by atoms with Crippen LogP contribution >= 0.6 is 11.3 Å². The quantitative estimate of drug-likeness (QED) is 0.617. The van der Waals surface area contributed by atoms with Gasteiger partial charge in [-0.25, -0.2) is 9.97 Å². The minimum atomic E-state index is -0.374. The van der Waals surface area contributed by atoms with Crippen LogP contribution in [0.3, 0.4) is 0 Å². The number of nitrogens with one attached hydrogen (secondary N) is 1. The first-order chi connectivity index (χ1) is 15.1. The van der Waals surface area contributed by atoms with Crippen molar-refractivity contribution in [2.75, 3.05) is 43.5 Å². The summed E-state index contributed by atoms with van der Waals surface area (Å²) in [5.74, 6) is 0.216. The maximum atomic E-state index is 13.0. The zero-order valence-corrected chi connectivity index (χ0v) is 17.7. The smallest absolute Gasteiger partial charge is 0.286 e. The van der Waals surface area contributed by atoms with Crippen LogP contribution in [0.2, 0.25) is 0 Å². The highest BCUT2D eigenvalue weighted by atomic mass is 32.1. The predicted octanol–water partition coefficient (Wildman–Crippen LogP) is 1.69. The Morgan fingerprint density at radius 2 is 1.87 bits per heavy atom. The molecule has 2 aromatic heterocycles. The van der Waals surface area contributed by atoms with Crippen LogP contribution in [0.5, 0.6) is 0 Å². The summed E-state index contributed by atoms with van der Waals surface area (Å²) in [4.78, 5) is 37.8. The molecular weight excluding hydrogens is 418 g/mol. The Labute approximate surface area is 182 Å². The van der Waals surface area contributed by atoms with Crippen LogP contribution in [-0.2, 0) is 11.3 Å². The standard InChI is InChI=1S/C20H21N7O3S/c1-30-13-16-24-25-18(31-16)17(28)23-15-5-2-4-14(12-15)19(29)26-8-10-27(11-9-26)20-21-6-3-7-22-20/h2-7,12H,8-11,13H2,1H3,(H,23,28). The van der Waals surface area contributed by atoms with Crippen molar-refractivity contribution in [3.8, 4) is 0 Å². The number of carbonyl (C=O) groups excluding carboxylic acids is 2. The Bertz CT molecular complexity index is 1050. The number of aromatic nitrogens is 4. The Morgan fingerprint density at radius 3 is 2.61 bits per heavy atom. The maximum Gasteiger partial charge on any atom is 0.286 e. The van der Waals surface area contributed by atoms with E-state index in [9.17, 15) is 9.59 Å². The molecule has 0 bridgehead atoms. The molecule has 160 valence electrons. The average Bonchev–Trinajstić information content (AvgIpc) is 3.29. The number of benzene rings is 1. The second kappa shape index (κ2) is 9.58. The first-order valence-electron chi connectivity index (χ1n) is 9.68. The molecule has 1 N–H and O–H groups in total. The number of amides is 2. The summed E-state index contributed by atoms with van der Waals surface area (Å²) < 4.78 is 4.99. The van der Waals surface area contributed by atoms with Crippen LogP contribution in [0.15, 0.2) is 42.7 Å². The summed E-state index contributed by atoms with van der Waals surface area (Å²) in [7, 11) is 1.55. The molecule has 2 amide bonds. The Kier molecular flexibility index (Phi) is 6.43. The molecule has 0 saturated carbocycles. The second-order valence-corrected chi connectivity index (χ2v) is 7.86. The van der Waals surface area contributed by atoms with Gasteiger partial charge in [0.15, 0.2) is 0 Å². The highest BCUT2D eigenvalue weighted by Crippen LogP contribution is 2.18. The van der Waals surface area contributed by atoms with Gasteiger partial charge in [-0.05, 0) is 24.3 Å². The van der Waals surface area contributed by atoms with Crippen LogP contribution < -0.4 is 10.2 Å². The van der Waals surface area contributed by atoms with Gasteiger partial charge in [-0.3, -0.25) is 9.59 Å². The van der Waals surface area contributed by atoms with Crippen molar-refractivity contribution < 1.29 is 14.3 Å². The molecule has 31 heavy (non-hydrogen) atoms. The number of piperazine rings is 1. The first kappa shape index (κ1) is 20.8. The van der Waals surface area contributed by atoms with Crippen LogP contribution in [0.4, 0.5) is 11.6 Å². The molecule has 0 radical (unpaired) electrons. The fraction of sp³-hybridized carbons (Fsp3) is 0.300. The van der Waals surface area contributed by atoms with E-state index in [-0.39, 0.29) is 16.8 Å². The molecule has 1 fully saturated rings. The number of ether oxygens (including phenoxy) is 1. The molecule has 11 heteroatoms. The van der Waals surface area contributed by atoms with Gasteiger partial charge in [0.2, 0.25) is 11.0 Å². The lowest BCUT2D eigenvalue weighted by atomic mass is 10.1. The maximum absolute atomic E-state index is 13.0. The molecular formula is C20H21N7O3S. The van der Waals surface area contributed by atoms with Crippen LogP contribution in [-0.4, -0.2) is 70.2 Å². The molecule has 1 aromatic carbocycles. The molecule has 1 aliphatic rings. The van der Waals surface area contributed by atoms with Crippen molar-refractivity contribution in [1.82, 2.24) is 25.1 Å². The predicted molar refractivity (Wildman–Crippen MR) is 115 cm³/mol. The van der Waals surface area contributed by atoms with E-state index >= 15 is 0 Å². The van der Waals surface area contributed by atoms with E-state index in [1.807, 2.05) is 0 Å². The fourth-order valence-corrected chi connectivity index (χ4v) is 3.90. The highest BCUT2D eigenvalue weighted by molar-refractivity contribution is 7.13. The van der Waals surface area contributed by atoms with Crippen molar-refractivity contribution >= 4 is 34.8 Å². The van der Waals surface area contributed by atoms with Crippen molar-refractivity contribution in [3.63, 3.8) is 0 Å². The van der Waals surface area contributed by atoms with Gasteiger partial charge < -0.3 is 19.9 Å². The summed E-state index contributed by atoms with van der Waals surface area (Å²) in [6.07, 6.45) is 3.42. The van der Waals surface area contributed by atoms with Gasteiger partial charge in [0.1, 0.15) is 5.01 Å². The number of carbonyl (C=O) groups is 2. The number of rotatable bonds is 6. The van der Waals surface area contributed by atoms with Gasteiger partial charge in [0.05, 0.1) is 6.61 Å². The van der Waals surface area contributed by atoms with Gasteiger partial charge in [-0.1, -0.05) is 17.4 Å². The average molecular weight is 440 g/mol. The van der Waals surface area contributed by atoms with Crippen molar-refractivity contribution in [2.24, 2.45) is 0 Å². The van der Waals surface area contributed by atoms with E-state index in [2.05, 4.69) is 30.4 Å². The van der Waals surface area contributed by atoms with E-state index in [1.54, 1.807) is 54.7 Å². The molecule has 0 atom stereocenters. The molecule has 0 spiro atoms. The SMILES string of the molecule is COCc1nnc(C(=O)Nc2cccc(C(=O)N3CCN(c4ncccn4)CC3)c2)s1. The summed E-state index contributed by atoms with van der Waals surface area (Å²) in [6, 6.07) is 8.67. The lowest BCUT2D eigenvalue weighted by Gasteiger charge is -2.34. The Balaban J connectivity index is 1.37. The third-order valence-corrected chi connectivity index (χ3v) is 5.59. The first-order valence-corrected chi connectivity index (χ1v) is 10.5. The molecule has 3 heterocycles. The lowest BCUT2D eigenvalue weighted by Crippen LogP contribution is -2.49. The Hall–Kier alpha value is -3.44. The van der Waals surface area contributed by atoms with E-state index in [1.165, 1.54) is 11.3 Å². The van der Waals surface area contributed by atoms with Gasteiger partial charge in [0, 0.05) is 56.9 Å². The molecule has 3 aromatic rings. The van der Waals surface area contributed by atoms with E-state index < -0.39 is 0 Å². The third-order valence-electron chi connectivity index (χ3n) is 4.70. The number of methoxy groups -OCH3 is 1. The normalized spacial score (nSPS) is 13.8. The lowest BCUT2D eigenvalue weighted by molar-refractivity contribution is 0.0746. The molecule has 0 unspecified atom stereocenters. The molecule has 10 nitrogen and oxygen atoms in total. The van der Waals surface area contributed by atoms with Crippen molar-refractivity contribution in [1.29, 1.82) is 0 Å². The monoisotopic (exact) mass is 439 g/mol. The van der Waals surface area contributed by atoms with Crippen LogP contribution in [0.1, 0.15) is 25.2 Å². The largest absolute Gasteiger partial charge is 0.377 e. The summed E-state index contributed by atoms with van der Waals surface area (Å²) in [5.41, 5.74) is 1.04. The fourth-order valence-electron chi connectivity index (χ4n) is 3.19. The number of hydrogen-bond donors (Lipinski definition) is 1. The van der Waals surface area contributed by atoms with Gasteiger partial charge in [-0.2, -0.15) is 0 Å². The number of hydrogen-bond acceptors (Lipinski definition) is 9. The zero-order chi connectivity index (χ0) is 21.6. The third kappa shape index (κ3) is 5.01. The van der Waals surface area contributed by atoms with E-state index in [0.717, 1.165) is 0 Å². The molecule has 4 rings (SSSR count). The van der Waals surface area contributed by atoms with Gasteiger partial charge in [0.25, 0.3) is 11.8 Å². The Morgan fingerprint density at radius 1 is 1.10 bits per heavy atom. The topological polar surface area (TPSA) is 113 Å². The summed E-state index contributed by atoms with van der Waals surface area (Å²) >= 11 is 1.17. The van der Waals surface area contributed by atoms with Crippen LogP contribution in [0.25, 0.3) is 0 Å². The molecule has 0 aliphatic carbocycles. The van der Waals surface area contributed by atoms with Crippen molar-refractivity contribution in [3.05, 3.63) is 58.3 Å². The summed E-state index contributed by atoms with van der Waals surface area (Å²) in [6.45, 7) is 2.76. The number of nitrogens with zero attached hydrogens (tertiary/aromatic N) is 6. The van der Waals surface area contributed by atoms with Crippen LogP contribution in [0, 0.1) is 0 Å². The molecule has 1 aliphatic heterocycles. The summed E-state index contributed by atoms with van der Waals surface area (Å²) in [5, 5.41) is 11.4. The number of anilines is 2. The minimum absolute atomic E-state index is 0.0805. The van der Waals surface area contributed by atoms with E-state index in [0.29, 0.717) is 55.0 Å². The van der Waals surface area contributed by atoms with Gasteiger partial charge >= 0.3 is 0 Å². The highest BCUT2D eigenvalue weighted by Gasteiger charge is 2.23. The zero-order valence-electron chi connectivity index (χ0n) is 16.9. The van der Waals surface area contributed by atoms with Gasteiger partial charge in [-0.15, -0.1) is 10.2 Å². The molecule has 1 saturated heterocycles.